The van der Waals surface area contributed by atoms with Gasteiger partial charge in [0.1, 0.15) is 5.75 Å². The molecule has 0 N–H and O–H groups in total. The van der Waals surface area contributed by atoms with E-state index in [2.05, 4.69) is 23.6 Å². The molecule has 1 aliphatic rings. The molecule has 1 aliphatic heterocycles. The Morgan fingerprint density at radius 1 is 1.38 bits per heavy atom. The van der Waals surface area contributed by atoms with Crippen LogP contribution in [0.5, 0.6) is 5.75 Å². The minimum absolute atomic E-state index is 0.208. The Hall–Kier alpha value is -1.55. The first kappa shape index (κ1) is 15.8. The molecule has 0 bridgehead atoms. The Morgan fingerprint density at radius 2 is 2.10 bits per heavy atom. The number of carbonyl (C=O) groups excluding carboxylic acids is 1. The van der Waals surface area contributed by atoms with Crippen LogP contribution >= 0.6 is 0 Å². The van der Waals surface area contributed by atoms with Crippen molar-refractivity contribution in [3.05, 3.63) is 29.8 Å². The van der Waals surface area contributed by atoms with Crippen molar-refractivity contribution in [3.63, 3.8) is 0 Å². The van der Waals surface area contributed by atoms with E-state index in [-0.39, 0.29) is 12.1 Å². The summed E-state index contributed by atoms with van der Waals surface area (Å²) in [6.45, 7) is 4.43. The van der Waals surface area contributed by atoms with E-state index in [1.165, 1.54) is 26.5 Å². The molecule has 0 saturated carbocycles. The molecule has 0 amide bonds. The third-order valence-electron chi connectivity index (χ3n) is 4.15. The highest BCUT2D eigenvalue weighted by Crippen LogP contribution is 2.23. The van der Waals surface area contributed by atoms with Gasteiger partial charge in [0.15, 0.2) is 0 Å². The number of rotatable bonds is 5. The van der Waals surface area contributed by atoms with Crippen LogP contribution in [0, 0.1) is 5.92 Å². The standard InChI is InChI=1S/C17H25NO3/c1-13(15-5-4-10-18(2)12-15)21-16-8-6-14(7-9-16)11-17(19)20-3/h6-9,13,15H,4-5,10-12H2,1-3H3. The predicted octanol–water partition coefficient (Wildman–Crippen LogP) is 2.51. The van der Waals surface area contributed by atoms with Crippen LogP contribution in [0.2, 0.25) is 0 Å². The van der Waals surface area contributed by atoms with E-state index in [0.717, 1.165) is 17.9 Å². The van der Waals surface area contributed by atoms with Gasteiger partial charge in [0.25, 0.3) is 0 Å². The summed E-state index contributed by atoms with van der Waals surface area (Å²) in [6, 6.07) is 7.71. The number of hydrogen-bond donors (Lipinski definition) is 0. The highest BCUT2D eigenvalue weighted by atomic mass is 16.5. The maximum absolute atomic E-state index is 11.2. The van der Waals surface area contributed by atoms with Gasteiger partial charge in [0.05, 0.1) is 19.6 Å². The topological polar surface area (TPSA) is 38.8 Å². The fourth-order valence-corrected chi connectivity index (χ4v) is 2.83. The molecule has 2 atom stereocenters. The maximum atomic E-state index is 11.2. The van der Waals surface area contributed by atoms with Gasteiger partial charge in [-0.3, -0.25) is 4.79 Å². The highest BCUT2D eigenvalue weighted by molar-refractivity contribution is 5.72. The van der Waals surface area contributed by atoms with Gasteiger partial charge in [-0.2, -0.15) is 0 Å². The van der Waals surface area contributed by atoms with Crippen molar-refractivity contribution >= 4 is 5.97 Å². The van der Waals surface area contributed by atoms with Crippen LogP contribution in [0.15, 0.2) is 24.3 Å². The zero-order chi connectivity index (χ0) is 15.2. The second-order valence-electron chi connectivity index (χ2n) is 5.88. The largest absolute Gasteiger partial charge is 0.490 e. The van der Waals surface area contributed by atoms with Crippen LogP contribution in [-0.4, -0.2) is 44.2 Å². The Bertz CT molecular complexity index is 458. The van der Waals surface area contributed by atoms with Crippen molar-refractivity contribution in [2.75, 3.05) is 27.2 Å². The van der Waals surface area contributed by atoms with Crippen LogP contribution in [-0.2, 0) is 16.0 Å². The van der Waals surface area contributed by atoms with Crippen LogP contribution in [0.25, 0.3) is 0 Å². The molecule has 2 unspecified atom stereocenters. The molecule has 1 aromatic carbocycles. The number of methoxy groups -OCH3 is 1. The summed E-state index contributed by atoms with van der Waals surface area (Å²) < 4.78 is 10.7. The van der Waals surface area contributed by atoms with Gasteiger partial charge in [-0.1, -0.05) is 12.1 Å². The average Bonchev–Trinajstić information content (AvgIpc) is 2.49. The van der Waals surface area contributed by atoms with E-state index in [0.29, 0.717) is 12.3 Å². The number of ether oxygens (including phenoxy) is 2. The van der Waals surface area contributed by atoms with Gasteiger partial charge >= 0.3 is 5.97 Å². The second kappa shape index (κ2) is 7.46. The molecule has 0 aliphatic carbocycles. The lowest BCUT2D eigenvalue weighted by atomic mass is 9.93. The normalized spacial score (nSPS) is 20.8. The lowest BCUT2D eigenvalue weighted by Crippen LogP contribution is -2.39. The third kappa shape index (κ3) is 4.74. The van der Waals surface area contributed by atoms with Crippen molar-refractivity contribution in [1.82, 2.24) is 4.90 Å². The van der Waals surface area contributed by atoms with Crippen LogP contribution in [0.3, 0.4) is 0 Å². The predicted molar refractivity (Wildman–Crippen MR) is 82.5 cm³/mol. The van der Waals surface area contributed by atoms with E-state index >= 15 is 0 Å². The fraction of sp³-hybridized carbons (Fsp3) is 0.588. The minimum atomic E-state index is -0.220. The third-order valence-corrected chi connectivity index (χ3v) is 4.15. The van der Waals surface area contributed by atoms with Crippen LogP contribution in [0.1, 0.15) is 25.3 Å². The molecule has 1 fully saturated rings. The number of esters is 1. The highest BCUT2D eigenvalue weighted by Gasteiger charge is 2.24. The summed E-state index contributed by atoms with van der Waals surface area (Å²) in [5, 5.41) is 0. The summed E-state index contributed by atoms with van der Waals surface area (Å²) in [4.78, 5) is 13.6. The molecule has 0 aromatic heterocycles. The summed E-state index contributed by atoms with van der Waals surface area (Å²) >= 11 is 0. The fourth-order valence-electron chi connectivity index (χ4n) is 2.83. The Balaban J connectivity index is 1.88. The Morgan fingerprint density at radius 3 is 2.71 bits per heavy atom. The van der Waals surface area contributed by atoms with E-state index < -0.39 is 0 Å². The molecule has 1 saturated heterocycles. The van der Waals surface area contributed by atoms with Crippen molar-refractivity contribution in [2.45, 2.75) is 32.3 Å². The van der Waals surface area contributed by atoms with Gasteiger partial charge in [-0.15, -0.1) is 0 Å². The van der Waals surface area contributed by atoms with Gasteiger partial charge < -0.3 is 14.4 Å². The van der Waals surface area contributed by atoms with E-state index in [9.17, 15) is 4.79 Å². The number of likely N-dealkylation sites (tertiary alicyclic amines) is 1. The number of benzene rings is 1. The van der Waals surface area contributed by atoms with E-state index in [1.54, 1.807) is 0 Å². The lowest BCUT2D eigenvalue weighted by molar-refractivity contribution is -0.139. The van der Waals surface area contributed by atoms with Gasteiger partial charge in [0, 0.05) is 12.5 Å². The molecular weight excluding hydrogens is 266 g/mol. The van der Waals surface area contributed by atoms with Crippen LogP contribution < -0.4 is 4.74 Å². The Kier molecular flexibility index (Phi) is 5.62. The quantitative estimate of drug-likeness (QED) is 0.781. The molecular formula is C17H25NO3. The lowest BCUT2D eigenvalue weighted by Gasteiger charge is -2.33. The van der Waals surface area contributed by atoms with Gasteiger partial charge in [0.2, 0.25) is 0 Å². The number of carbonyl (C=O) groups is 1. The molecule has 4 heteroatoms. The molecule has 116 valence electrons. The van der Waals surface area contributed by atoms with E-state index in [4.69, 9.17) is 4.74 Å². The zero-order valence-corrected chi connectivity index (χ0v) is 13.2. The van der Waals surface area contributed by atoms with Crippen LogP contribution in [0.4, 0.5) is 0 Å². The van der Waals surface area contributed by atoms with Crippen molar-refractivity contribution in [3.8, 4) is 5.75 Å². The van der Waals surface area contributed by atoms with Crippen molar-refractivity contribution in [1.29, 1.82) is 0 Å². The number of nitrogens with zero attached hydrogens (tertiary/aromatic N) is 1. The summed E-state index contributed by atoms with van der Waals surface area (Å²) in [7, 11) is 3.57. The SMILES string of the molecule is COC(=O)Cc1ccc(OC(C)C2CCCN(C)C2)cc1. The number of hydrogen-bond acceptors (Lipinski definition) is 4. The molecule has 2 rings (SSSR count). The molecule has 4 nitrogen and oxygen atoms in total. The molecule has 1 heterocycles. The summed E-state index contributed by atoms with van der Waals surface area (Å²) in [5.74, 6) is 1.23. The monoisotopic (exact) mass is 291 g/mol. The van der Waals surface area contributed by atoms with Crippen molar-refractivity contribution in [2.24, 2.45) is 5.92 Å². The molecule has 21 heavy (non-hydrogen) atoms. The first-order chi connectivity index (χ1) is 10.1. The summed E-state index contributed by atoms with van der Waals surface area (Å²) in [5.41, 5.74) is 0.944. The number of piperidine rings is 1. The van der Waals surface area contributed by atoms with Gasteiger partial charge in [-0.05, 0) is 51.1 Å². The summed E-state index contributed by atoms with van der Waals surface area (Å²) in [6.07, 6.45) is 2.98. The van der Waals surface area contributed by atoms with Gasteiger partial charge in [-0.25, -0.2) is 0 Å². The second-order valence-corrected chi connectivity index (χ2v) is 5.88. The maximum Gasteiger partial charge on any atom is 0.309 e. The average molecular weight is 291 g/mol. The molecule has 0 spiro atoms. The molecule has 0 radical (unpaired) electrons. The zero-order valence-electron chi connectivity index (χ0n) is 13.2. The Labute approximate surface area is 127 Å². The van der Waals surface area contributed by atoms with E-state index in [1.807, 2.05) is 24.3 Å². The first-order valence-electron chi connectivity index (χ1n) is 7.59. The minimum Gasteiger partial charge on any atom is -0.490 e. The smallest absolute Gasteiger partial charge is 0.309 e. The van der Waals surface area contributed by atoms with Crippen molar-refractivity contribution < 1.29 is 14.3 Å². The molecule has 1 aromatic rings. The first-order valence-corrected chi connectivity index (χ1v) is 7.59.